The van der Waals surface area contributed by atoms with E-state index in [1.165, 1.54) is 5.56 Å². The Labute approximate surface area is 114 Å². The number of hydrazine groups is 1. The second kappa shape index (κ2) is 6.17. The van der Waals surface area contributed by atoms with Gasteiger partial charge in [-0.1, -0.05) is 31.2 Å². The Hall–Kier alpha value is -1.39. The molecular weight excluding hydrogens is 240 g/mol. The Kier molecular flexibility index (Phi) is 4.56. The molecule has 1 fully saturated rings. The van der Waals surface area contributed by atoms with Crippen molar-refractivity contribution >= 4 is 5.97 Å². The van der Waals surface area contributed by atoms with Crippen LogP contribution in [0.3, 0.4) is 0 Å². The number of aryl methyl sites for hydroxylation is 1. The van der Waals surface area contributed by atoms with Crippen molar-refractivity contribution in [2.45, 2.75) is 44.7 Å². The number of hydrogen-bond donors (Lipinski definition) is 2. The van der Waals surface area contributed by atoms with Crippen LogP contribution >= 0.6 is 0 Å². The van der Waals surface area contributed by atoms with Crippen LogP contribution in [0.4, 0.5) is 0 Å². The lowest BCUT2D eigenvalue weighted by molar-refractivity contribution is -0.141. The molecule has 0 radical (unpaired) electrons. The second-order valence-electron chi connectivity index (χ2n) is 5.24. The van der Waals surface area contributed by atoms with Gasteiger partial charge >= 0.3 is 5.97 Å². The van der Waals surface area contributed by atoms with Gasteiger partial charge in [0.05, 0.1) is 0 Å². The van der Waals surface area contributed by atoms with E-state index in [1.807, 2.05) is 24.2 Å². The molecule has 0 aromatic heterocycles. The van der Waals surface area contributed by atoms with Gasteiger partial charge in [0.1, 0.15) is 6.04 Å². The van der Waals surface area contributed by atoms with Gasteiger partial charge in [-0.2, -0.15) is 0 Å². The predicted molar refractivity (Wildman–Crippen MR) is 74.9 cm³/mol. The van der Waals surface area contributed by atoms with Gasteiger partial charge in [0.25, 0.3) is 0 Å². The van der Waals surface area contributed by atoms with E-state index in [9.17, 15) is 9.90 Å². The van der Waals surface area contributed by atoms with Crippen LogP contribution in [0.2, 0.25) is 0 Å². The third-order valence-electron chi connectivity index (χ3n) is 3.62. The van der Waals surface area contributed by atoms with Crippen LogP contribution in [0.1, 0.15) is 30.9 Å². The largest absolute Gasteiger partial charge is 0.480 e. The molecule has 2 rings (SSSR count). The molecule has 4 heteroatoms. The maximum atomic E-state index is 11.3. The van der Waals surface area contributed by atoms with E-state index >= 15 is 0 Å². The molecule has 0 amide bonds. The lowest BCUT2D eigenvalue weighted by atomic mass is 10.0. The van der Waals surface area contributed by atoms with Crippen LogP contribution in [0.5, 0.6) is 0 Å². The Morgan fingerprint density at radius 2 is 1.95 bits per heavy atom. The van der Waals surface area contributed by atoms with E-state index in [1.54, 1.807) is 0 Å². The fraction of sp³-hybridized carbons (Fsp3) is 0.533. The van der Waals surface area contributed by atoms with Gasteiger partial charge in [0.2, 0.25) is 0 Å². The molecule has 0 spiro atoms. The van der Waals surface area contributed by atoms with E-state index in [2.05, 4.69) is 24.5 Å². The number of nitrogens with one attached hydrogen (secondary N) is 1. The first kappa shape index (κ1) is 14.0. The first-order valence-electron chi connectivity index (χ1n) is 6.89. The molecule has 1 aliphatic carbocycles. The maximum Gasteiger partial charge on any atom is 0.322 e. The molecule has 1 atom stereocenters. The summed E-state index contributed by atoms with van der Waals surface area (Å²) in [6.45, 7) is 2.11. The van der Waals surface area contributed by atoms with Crippen molar-refractivity contribution in [2.24, 2.45) is 0 Å². The Balaban J connectivity index is 1.96. The number of hydrogen-bond acceptors (Lipinski definition) is 3. The summed E-state index contributed by atoms with van der Waals surface area (Å²) in [7, 11) is 1.92. The van der Waals surface area contributed by atoms with Crippen LogP contribution < -0.4 is 5.43 Å². The number of nitrogens with zero attached hydrogens (tertiary/aromatic N) is 1. The second-order valence-corrected chi connectivity index (χ2v) is 5.24. The summed E-state index contributed by atoms with van der Waals surface area (Å²) in [6, 6.07) is 8.13. The first-order chi connectivity index (χ1) is 9.10. The fourth-order valence-corrected chi connectivity index (χ4v) is 2.15. The topological polar surface area (TPSA) is 52.6 Å². The molecule has 0 aliphatic heterocycles. The first-order valence-corrected chi connectivity index (χ1v) is 6.89. The molecule has 1 saturated carbocycles. The summed E-state index contributed by atoms with van der Waals surface area (Å²) >= 11 is 0. The van der Waals surface area contributed by atoms with E-state index in [-0.39, 0.29) is 0 Å². The Bertz CT molecular complexity index is 426. The summed E-state index contributed by atoms with van der Waals surface area (Å²) in [5.41, 5.74) is 5.42. The maximum absolute atomic E-state index is 11.3. The third kappa shape index (κ3) is 4.04. The van der Waals surface area contributed by atoms with Crippen LogP contribution in [0, 0.1) is 0 Å². The highest BCUT2D eigenvalue weighted by Gasteiger charge is 2.29. The lowest BCUT2D eigenvalue weighted by Crippen LogP contribution is -2.48. The van der Waals surface area contributed by atoms with Crippen molar-refractivity contribution < 1.29 is 9.90 Å². The summed E-state index contributed by atoms with van der Waals surface area (Å²) in [6.07, 6.45) is 3.82. The van der Waals surface area contributed by atoms with Crippen LogP contribution in [0.15, 0.2) is 24.3 Å². The number of rotatable bonds is 7. The van der Waals surface area contributed by atoms with Crippen molar-refractivity contribution in [3.05, 3.63) is 35.4 Å². The number of benzene rings is 1. The molecule has 0 bridgehead atoms. The van der Waals surface area contributed by atoms with E-state index in [4.69, 9.17) is 0 Å². The van der Waals surface area contributed by atoms with Crippen molar-refractivity contribution in [2.75, 3.05) is 7.05 Å². The summed E-state index contributed by atoms with van der Waals surface area (Å²) in [5, 5.41) is 11.2. The van der Waals surface area contributed by atoms with E-state index < -0.39 is 12.0 Å². The van der Waals surface area contributed by atoms with Crippen molar-refractivity contribution in [3.8, 4) is 0 Å². The summed E-state index contributed by atoms with van der Waals surface area (Å²) < 4.78 is 0. The van der Waals surface area contributed by atoms with E-state index in [0.717, 1.165) is 24.8 Å². The molecule has 4 nitrogen and oxygen atoms in total. The zero-order chi connectivity index (χ0) is 13.8. The number of carbonyl (C=O) groups is 1. The lowest BCUT2D eigenvalue weighted by Gasteiger charge is -2.23. The van der Waals surface area contributed by atoms with Gasteiger partial charge in [-0.05, 0) is 36.8 Å². The van der Waals surface area contributed by atoms with Crippen molar-refractivity contribution in [3.63, 3.8) is 0 Å². The van der Waals surface area contributed by atoms with Gasteiger partial charge in [-0.25, -0.2) is 10.4 Å². The van der Waals surface area contributed by atoms with E-state index in [0.29, 0.717) is 12.5 Å². The van der Waals surface area contributed by atoms with Gasteiger partial charge in [0, 0.05) is 13.1 Å². The molecule has 2 N–H and O–H groups in total. The molecule has 1 aromatic rings. The molecule has 1 aliphatic rings. The molecule has 0 saturated heterocycles. The van der Waals surface area contributed by atoms with Crippen LogP contribution in [-0.4, -0.2) is 35.2 Å². The number of carboxylic acids is 1. The minimum absolute atomic E-state index is 0.504. The smallest absolute Gasteiger partial charge is 0.322 e. The molecule has 104 valence electrons. The summed E-state index contributed by atoms with van der Waals surface area (Å²) in [5.74, 6) is -0.799. The zero-order valence-corrected chi connectivity index (χ0v) is 11.6. The molecular formula is C15H22N2O2. The van der Waals surface area contributed by atoms with Gasteiger partial charge in [-0.3, -0.25) is 4.79 Å². The monoisotopic (exact) mass is 262 g/mol. The predicted octanol–water partition coefficient (Wildman–Crippen LogP) is 1.84. The van der Waals surface area contributed by atoms with Crippen LogP contribution in [0.25, 0.3) is 0 Å². The Morgan fingerprint density at radius 1 is 1.37 bits per heavy atom. The molecule has 0 unspecified atom stereocenters. The normalized spacial score (nSPS) is 16.6. The van der Waals surface area contributed by atoms with Gasteiger partial charge in [0.15, 0.2) is 0 Å². The summed E-state index contributed by atoms with van der Waals surface area (Å²) in [4.78, 5) is 11.3. The average molecular weight is 262 g/mol. The number of aliphatic carboxylic acids is 1. The zero-order valence-electron chi connectivity index (χ0n) is 11.6. The minimum atomic E-state index is -0.799. The van der Waals surface area contributed by atoms with Crippen molar-refractivity contribution in [1.29, 1.82) is 0 Å². The average Bonchev–Trinajstić information content (AvgIpc) is 3.23. The quantitative estimate of drug-likeness (QED) is 0.736. The number of carboxylic acid groups (broad SMARTS) is 1. The highest BCUT2D eigenvalue weighted by Crippen LogP contribution is 2.24. The van der Waals surface area contributed by atoms with Gasteiger partial charge < -0.3 is 5.11 Å². The van der Waals surface area contributed by atoms with Crippen LogP contribution in [-0.2, 0) is 17.6 Å². The standard InChI is InChI=1S/C15H22N2O2/c1-3-11-4-6-12(7-5-11)10-14(15(18)19)16-17(2)13-8-9-13/h4-7,13-14,16H,3,8-10H2,1-2H3,(H,18,19)/t14-/m0/s1. The SMILES string of the molecule is CCc1ccc(C[C@H](NN(C)C2CC2)C(=O)O)cc1. The fourth-order valence-electron chi connectivity index (χ4n) is 2.15. The molecule has 1 aromatic carbocycles. The van der Waals surface area contributed by atoms with Crippen molar-refractivity contribution in [1.82, 2.24) is 10.4 Å². The molecule has 19 heavy (non-hydrogen) atoms. The minimum Gasteiger partial charge on any atom is -0.480 e. The Morgan fingerprint density at radius 3 is 2.42 bits per heavy atom. The highest BCUT2D eigenvalue weighted by atomic mass is 16.4. The third-order valence-corrected chi connectivity index (χ3v) is 3.62. The molecule has 0 heterocycles. The highest BCUT2D eigenvalue weighted by molar-refractivity contribution is 5.73. The van der Waals surface area contributed by atoms with Gasteiger partial charge in [-0.15, -0.1) is 0 Å².